The van der Waals surface area contributed by atoms with E-state index in [2.05, 4.69) is 30.6 Å². The number of aryl methyl sites for hydroxylation is 1. The van der Waals surface area contributed by atoms with Crippen LogP contribution in [0.15, 0.2) is 11.4 Å². The molecule has 1 aliphatic heterocycles. The SMILES string of the molecule is Cc1ccsc1C(C)NCC1COC(C)(C)O1. The molecular formula is C13H21NO2S. The van der Waals surface area contributed by atoms with Crippen molar-refractivity contribution in [3.8, 4) is 0 Å². The maximum atomic E-state index is 5.77. The summed E-state index contributed by atoms with van der Waals surface area (Å²) in [6.07, 6.45) is 0.160. The van der Waals surface area contributed by atoms with Crippen molar-refractivity contribution < 1.29 is 9.47 Å². The summed E-state index contributed by atoms with van der Waals surface area (Å²) in [5.41, 5.74) is 1.36. The molecule has 1 aromatic rings. The van der Waals surface area contributed by atoms with E-state index in [0.717, 1.165) is 6.54 Å². The van der Waals surface area contributed by atoms with Crippen molar-refractivity contribution in [3.05, 3.63) is 21.9 Å². The first-order valence-corrected chi connectivity index (χ1v) is 6.95. The van der Waals surface area contributed by atoms with Crippen molar-refractivity contribution in [1.29, 1.82) is 0 Å². The van der Waals surface area contributed by atoms with Crippen molar-refractivity contribution in [2.24, 2.45) is 0 Å². The van der Waals surface area contributed by atoms with E-state index >= 15 is 0 Å². The van der Waals surface area contributed by atoms with E-state index < -0.39 is 5.79 Å². The Morgan fingerprint density at radius 2 is 2.35 bits per heavy atom. The zero-order valence-corrected chi connectivity index (χ0v) is 11.8. The van der Waals surface area contributed by atoms with Crippen molar-refractivity contribution in [3.63, 3.8) is 0 Å². The number of rotatable bonds is 4. The van der Waals surface area contributed by atoms with Crippen LogP contribution in [-0.2, 0) is 9.47 Å². The fraction of sp³-hybridized carbons (Fsp3) is 0.692. The number of hydrogen-bond donors (Lipinski definition) is 1. The van der Waals surface area contributed by atoms with Gasteiger partial charge in [0.15, 0.2) is 5.79 Å². The lowest BCUT2D eigenvalue weighted by Crippen LogP contribution is -2.32. The molecule has 1 N–H and O–H groups in total. The summed E-state index contributed by atoms with van der Waals surface area (Å²) < 4.78 is 11.3. The smallest absolute Gasteiger partial charge is 0.163 e. The molecule has 4 heteroatoms. The number of thiophene rings is 1. The number of ether oxygens (including phenoxy) is 2. The highest BCUT2D eigenvalue weighted by Crippen LogP contribution is 2.25. The zero-order chi connectivity index (χ0) is 12.5. The molecule has 0 radical (unpaired) electrons. The van der Waals surface area contributed by atoms with Gasteiger partial charge in [-0.25, -0.2) is 0 Å². The van der Waals surface area contributed by atoms with Crippen LogP contribution in [0.4, 0.5) is 0 Å². The predicted molar refractivity (Wildman–Crippen MR) is 70.4 cm³/mol. The Hall–Kier alpha value is -0.420. The second kappa shape index (κ2) is 5.06. The Labute approximate surface area is 107 Å². The van der Waals surface area contributed by atoms with Crippen molar-refractivity contribution in [1.82, 2.24) is 5.32 Å². The van der Waals surface area contributed by atoms with Crippen LogP contribution in [0.3, 0.4) is 0 Å². The molecule has 2 rings (SSSR count). The van der Waals surface area contributed by atoms with Gasteiger partial charge in [0, 0.05) is 17.5 Å². The highest BCUT2D eigenvalue weighted by molar-refractivity contribution is 7.10. The summed E-state index contributed by atoms with van der Waals surface area (Å²) in [7, 11) is 0. The van der Waals surface area contributed by atoms with Crippen LogP contribution in [0.25, 0.3) is 0 Å². The van der Waals surface area contributed by atoms with Gasteiger partial charge in [0.25, 0.3) is 0 Å². The molecule has 2 atom stereocenters. The van der Waals surface area contributed by atoms with Crippen LogP contribution < -0.4 is 5.32 Å². The maximum absolute atomic E-state index is 5.77. The second-order valence-corrected chi connectivity index (χ2v) is 6.00. The van der Waals surface area contributed by atoms with Crippen molar-refractivity contribution in [2.45, 2.75) is 45.6 Å². The fourth-order valence-corrected chi connectivity index (χ4v) is 3.05. The minimum absolute atomic E-state index is 0.160. The molecule has 1 aromatic heterocycles. The predicted octanol–water partition coefficient (Wildman–Crippen LogP) is 2.86. The molecule has 0 spiro atoms. The third kappa shape index (κ3) is 3.28. The maximum Gasteiger partial charge on any atom is 0.163 e. The Morgan fingerprint density at radius 1 is 1.59 bits per heavy atom. The zero-order valence-electron chi connectivity index (χ0n) is 10.9. The standard InChI is InChI=1S/C13H21NO2S/c1-9-5-6-17-12(9)10(2)14-7-11-8-15-13(3,4)16-11/h5-6,10-11,14H,7-8H2,1-4H3. The Balaban J connectivity index is 1.81. The lowest BCUT2D eigenvalue weighted by Gasteiger charge is -2.19. The highest BCUT2D eigenvalue weighted by atomic mass is 32.1. The lowest BCUT2D eigenvalue weighted by molar-refractivity contribution is -0.137. The molecule has 0 amide bonds. The third-order valence-electron chi connectivity index (χ3n) is 3.01. The molecule has 2 heterocycles. The quantitative estimate of drug-likeness (QED) is 0.897. The van der Waals surface area contributed by atoms with E-state index in [1.807, 2.05) is 13.8 Å². The van der Waals surface area contributed by atoms with E-state index in [-0.39, 0.29) is 6.10 Å². The lowest BCUT2D eigenvalue weighted by atomic mass is 10.2. The molecular weight excluding hydrogens is 234 g/mol. The molecule has 1 aliphatic rings. The van der Waals surface area contributed by atoms with Gasteiger partial charge in [-0.3, -0.25) is 0 Å². The van der Waals surface area contributed by atoms with Gasteiger partial charge in [-0.2, -0.15) is 0 Å². The van der Waals surface area contributed by atoms with Crippen LogP contribution in [0.2, 0.25) is 0 Å². The van der Waals surface area contributed by atoms with Crippen molar-refractivity contribution >= 4 is 11.3 Å². The molecule has 0 aliphatic carbocycles. The van der Waals surface area contributed by atoms with Gasteiger partial charge in [-0.1, -0.05) is 0 Å². The molecule has 1 saturated heterocycles. The molecule has 0 aromatic carbocycles. The third-order valence-corrected chi connectivity index (χ3v) is 4.22. The summed E-state index contributed by atoms with van der Waals surface area (Å²) >= 11 is 1.81. The summed E-state index contributed by atoms with van der Waals surface area (Å²) in [4.78, 5) is 1.41. The molecule has 3 nitrogen and oxygen atoms in total. The Kier molecular flexibility index (Phi) is 3.88. The van der Waals surface area contributed by atoms with Gasteiger partial charge < -0.3 is 14.8 Å². The fourth-order valence-electron chi connectivity index (χ4n) is 2.09. The largest absolute Gasteiger partial charge is 0.348 e. The monoisotopic (exact) mass is 255 g/mol. The topological polar surface area (TPSA) is 30.5 Å². The molecule has 0 saturated carbocycles. The van der Waals surface area contributed by atoms with Crippen molar-refractivity contribution in [2.75, 3.05) is 13.2 Å². The summed E-state index contributed by atoms with van der Waals surface area (Å²) in [5.74, 6) is -0.422. The molecule has 17 heavy (non-hydrogen) atoms. The van der Waals surface area contributed by atoms with Gasteiger partial charge in [-0.15, -0.1) is 11.3 Å². The molecule has 96 valence electrons. The van der Waals surface area contributed by atoms with E-state index in [4.69, 9.17) is 9.47 Å². The molecule has 1 fully saturated rings. The van der Waals surface area contributed by atoms with Gasteiger partial charge in [0.1, 0.15) is 0 Å². The van der Waals surface area contributed by atoms with Crippen LogP contribution in [0.1, 0.15) is 37.3 Å². The number of hydrogen-bond acceptors (Lipinski definition) is 4. The van der Waals surface area contributed by atoms with E-state index in [0.29, 0.717) is 12.6 Å². The summed E-state index contributed by atoms with van der Waals surface area (Å²) in [6.45, 7) is 9.78. The normalized spacial score (nSPS) is 25.1. The first kappa shape index (κ1) is 13.0. The van der Waals surface area contributed by atoms with Crippen LogP contribution in [0.5, 0.6) is 0 Å². The van der Waals surface area contributed by atoms with Gasteiger partial charge in [-0.05, 0) is 44.7 Å². The van der Waals surface area contributed by atoms with Gasteiger partial charge >= 0.3 is 0 Å². The Bertz CT molecular complexity index is 375. The van der Waals surface area contributed by atoms with Gasteiger partial charge in [0.2, 0.25) is 0 Å². The first-order valence-electron chi connectivity index (χ1n) is 6.07. The second-order valence-electron chi connectivity index (χ2n) is 5.05. The average molecular weight is 255 g/mol. The summed E-state index contributed by atoms with van der Waals surface area (Å²) in [5, 5.41) is 5.65. The summed E-state index contributed by atoms with van der Waals surface area (Å²) in [6, 6.07) is 2.54. The van der Waals surface area contributed by atoms with Crippen LogP contribution >= 0.6 is 11.3 Å². The van der Waals surface area contributed by atoms with Gasteiger partial charge in [0.05, 0.1) is 12.7 Å². The van der Waals surface area contributed by atoms with Crippen LogP contribution in [0, 0.1) is 6.92 Å². The van der Waals surface area contributed by atoms with E-state index in [1.54, 1.807) is 11.3 Å². The minimum atomic E-state index is -0.422. The molecule has 2 unspecified atom stereocenters. The van der Waals surface area contributed by atoms with E-state index in [1.165, 1.54) is 10.4 Å². The Morgan fingerprint density at radius 3 is 2.88 bits per heavy atom. The number of nitrogens with one attached hydrogen (secondary N) is 1. The average Bonchev–Trinajstić information content (AvgIpc) is 2.81. The minimum Gasteiger partial charge on any atom is -0.348 e. The van der Waals surface area contributed by atoms with E-state index in [9.17, 15) is 0 Å². The van der Waals surface area contributed by atoms with Crippen LogP contribution in [-0.4, -0.2) is 25.0 Å². The highest BCUT2D eigenvalue weighted by Gasteiger charge is 2.32. The molecule has 0 bridgehead atoms. The first-order chi connectivity index (χ1) is 7.98.